The Morgan fingerprint density at radius 2 is 2.04 bits per heavy atom. The Balaban J connectivity index is 1.38. The van der Waals surface area contributed by atoms with E-state index in [2.05, 4.69) is 44.7 Å². The molecular weight excluding hydrogens is 371 g/mol. The van der Waals surface area contributed by atoms with Crippen LogP contribution in [0.15, 0.2) is 46.8 Å². The van der Waals surface area contributed by atoms with E-state index in [1.807, 2.05) is 19.2 Å². The summed E-state index contributed by atoms with van der Waals surface area (Å²) < 4.78 is 13.8. The molecular formula is C22H31FN4S. The number of aliphatic imine (C=N–C) groups is 1. The van der Waals surface area contributed by atoms with Crippen molar-refractivity contribution in [2.24, 2.45) is 10.9 Å². The highest BCUT2D eigenvalue weighted by atomic mass is 32.1. The number of nitrogens with one attached hydrogen (secondary N) is 1. The van der Waals surface area contributed by atoms with E-state index in [1.54, 1.807) is 23.5 Å². The Bertz CT molecular complexity index is 739. The summed E-state index contributed by atoms with van der Waals surface area (Å²) >= 11 is 1.81. The van der Waals surface area contributed by atoms with Gasteiger partial charge in [-0.15, -0.1) is 11.3 Å². The van der Waals surface area contributed by atoms with Gasteiger partial charge in [-0.1, -0.05) is 24.3 Å². The normalized spacial score (nSPS) is 16.3. The lowest BCUT2D eigenvalue weighted by molar-refractivity contribution is 0.176. The van der Waals surface area contributed by atoms with Crippen LogP contribution in [0, 0.1) is 11.7 Å². The SMILES string of the molecule is CN=C(NCC1CCN(Cc2ccccc2F)CC1)N(C)CCc1cccs1. The quantitative estimate of drug-likeness (QED) is 0.564. The number of benzene rings is 1. The zero-order valence-corrected chi connectivity index (χ0v) is 17.7. The number of thiophene rings is 1. The van der Waals surface area contributed by atoms with Gasteiger partial charge < -0.3 is 10.2 Å². The van der Waals surface area contributed by atoms with Crippen molar-refractivity contribution in [3.8, 4) is 0 Å². The Labute approximate surface area is 172 Å². The number of rotatable bonds is 7. The summed E-state index contributed by atoms with van der Waals surface area (Å²) in [6, 6.07) is 11.4. The lowest BCUT2D eigenvalue weighted by atomic mass is 9.96. The third kappa shape index (κ3) is 6.04. The number of guanidine groups is 1. The highest BCUT2D eigenvalue weighted by molar-refractivity contribution is 7.09. The molecule has 2 heterocycles. The van der Waals surface area contributed by atoms with E-state index < -0.39 is 0 Å². The third-order valence-corrected chi connectivity index (χ3v) is 6.39. The van der Waals surface area contributed by atoms with E-state index >= 15 is 0 Å². The van der Waals surface area contributed by atoms with Gasteiger partial charge in [0.25, 0.3) is 0 Å². The molecule has 0 bridgehead atoms. The van der Waals surface area contributed by atoms with Crippen molar-refractivity contribution < 1.29 is 4.39 Å². The molecule has 0 amide bonds. The van der Waals surface area contributed by atoms with Gasteiger partial charge in [0.05, 0.1) is 0 Å². The van der Waals surface area contributed by atoms with Gasteiger partial charge in [-0.3, -0.25) is 9.89 Å². The summed E-state index contributed by atoms with van der Waals surface area (Å²) in [5.74, 6) is 1.50. The Kier molecular flexibility index (Phi) is 7.86. The van der Waals surface area contributed by atoms with Gasteiger partial charge in [-0.25, -0.2) is 4.39 Å². The maximum Gasteiger partial charge on any atom is 0.193 e. The molecule has 0 atom stereocenters. The highest BCUT2D eigenvalue weighted by Gasteiger charge is 2.20. The van der Waals surface area contributed by atoms with Gasteiger partial charge in [0, 0.05) is 44.2 Å². The second-order valence-electron chi connectivity index (χ2n) is 7.49. The van der Waals surface area contributed by atoms with Gasteiger partial charge in [0.15, 0.2) is 5.96 Å². The monoisotopic (exact) mass is 402 g/mol. The zero-order chi connectivity index (χ0) is 19.8. The van der Waals surface area contributed by atoms with Crippen molar-refractivity contribution in [2.75, 3.05) is 40.3 Å². The van der Waals surface area contributed by atoms with Gasteiger partial charge in [-0.2, -0.15) is 0 Å². The molecule has 3 rings (SSSR count). The van der Waals surface area contributed by atoms with Crippen LogP contribution >= 0.6 is 11.3 Å². The summed E-state index contributed by atoms with van der Waals surface area (Å²) in [7, 11) is 3.95. The van der Waals surface area contributed by atoms with Gasteiger partial charge in [0.1, 0.15) is 5.82 Å². The van der Waals surface area contributed by atoms with E-state index in [-0.39, 0.29) is 5.82 Å². The minimum Gasteiger partial charge on any atom is -0.356 e. The fourth-order valence-electron chi connectivity index (χ4n) is 3.68. The molecule has 2 aromatic rings. The summed E-state index contributed by atoms with van der Waals surface area (Å²) in [5, 5.41) is 5.67. The van der Waals surface area contributed by atoms with Crippen LogP contribution in [0.1, 0.15) is 23.3 Å². The van der Waals surface area contributed by atoms with Crippen LogP contribution in [0.25, 0.3) is 0 Å². The number of likely N-dealkylation sites (tertiary alicyclic amines) is 1. The first-order chi connectivity index (χ1) is 13.7. The van der Waals surface area contributed by atoms with E-state index in [1.165, 1.54) is 4.88 Å². The highest BCUT2D eigenvalue weighted by Crippen LogP contribution is 2.19. The molecule has 0 spiro atoms. The summed E-state index contributed by atoms with van der Waals surface area (Å²) in [6.45, 7) is 4.66. The lowest BCUT2D eigenvalue weighted by Gasteiger charge is -2.33. The van der Waals surface area contributed by atoms with Crippen molar-refractivity contribution in [2.45, 2.75) is 25.8 Å². The van der Waals surface area contributed by atoms with E-state index in [9.17, 15) is 4.39 Å². The van der Waals surface area contributed by atoms with E-state index in [4.69, 9.17) is 0 Å². The molecule has 1 N–H and O–H groups in total. The second-order valence-corrected chi connectivity index (χ2v) is 8.52. The average molecular weight is 403 g/mol. The first-order valence-corrected chi connectivity index (χ1v) is 10.9. The maximum absolute atomic E-state index is 13.8. The number of hydrogen-bond donors (Lipinski definition) is 1. The Hall–Kier alpha value is -1.92. The first-order valence-electron chi connectivity index (χ1n) is 10.1. The second kappa shape index (κ2) is 10.6. The first kappa shape index (κ1) is 20.8. The molecule has 28 heavy (non-hydrogen) atoms. The van der Waals surface area contributed by atoms with Gasteiger partial charge >= 0.3 is 0 Å². The van der Waals surface area contributed by atoms with E-state index in [0.717, 1.165) is 57.0 Å². The topological polar surface area (TPSA) is 30.9 Å². The Morgan fingerprint density at radius 1 is 1.25 bits per heavy atom. The molecule has 1 aliphatic heterocycles. The number of likely N-dealkylation sites (N-methyl/N-ethyl adjacent to an activating group) is 1. The van der Waals surface area contributed by atoms with Crippen molar-refractivity contribution in [3.63, 3.8) is 0 Å². The molecule has 0 unspecified atom stereocenters. The van der Waals surface area contributed by atoms with Gasteiger partial charge in [0.2, 0.25) is 0 Å². The molecule has 152 valence electrons. The molecule has 6 heteroatoms. The van der Waals surface area contributed by atoms with Crippen LogP contribution in [-0.4, -0.2) is 56.0 Å². The van der Waals surface area contributed by atoms with Crippen LogP contribution in [-0.2, 0) is 13.0 Å². The number of nitrogens with zero attached hydrogens (tertiary/aromatic N) is 3. The summed E-state index contributed by atoms with van der Waals surface area (Å²) in [6.07, 6.45) is 3.32. The average Bonchev–Trinajstić information content (AvgIpc) is 3.23. The van der Waals surface area contributed by atoms with Crippen molar-refractivity contribution in [1.29, 1.82) is 0 Å². The van der Waals surface area contributed by atoms with Crippen LogP contribution in [0.3, 0.4) is 0 Å². The maximum atomic E-state index is 13.8. The minimum atomic E-state index is -0.0966. The number of halogens is 1. The molecule has 1 fully saturated rings. The van der Waals surface area contributed by atoms with Crippen LogP contribution < -0.4 is 5.32 Å². The van der Waals surface area contributed by atoms with Crippen molar-refractivity contribution in [3.05, 3.63) is 58.0 Å². The largest absolute Gasteiger partial charge is 0.356 e. The van der Waals surface area contributed by atoms with Crippen LogP contribution in [0.4, 0.5) is 4.39 Å². The fraction of sp³-hybridized carbons (Fsp3) is 0.500. The van der Waals surface area contributed by atoms with E-state index in [0.29, 0.717) is 12.5 Å². The molecule has 1 aromatic carbocycles. The zero-order valence-electron chi connectivity index (χ0n) is 16.9. The number of hydrogen-bond acceptors (Lipinski definition) is 3. The van der Waals surface area contributed by atoms with Crippen molar-refractivity contribution in [1.82, 2.24) is 15.1 Å². The minimum absolute atomic E-state index is 0.0966. The molecule has 1 aromatic heterocycles. The molecule has 1 saturated heterocycles. The number of piperidine rings is 1. The van der Waals surface area contributed by atoms with Crippen LogP contribution in [0.5, 0.6) is 0 Å². The molecule has 0 aliphatic carbocycles. The molecule has 0 radical (unpaired) electrons. The molecule has 0 saturated carbocycles. The van der Waals surface area contributed by atoms with Gasteiger partial charge in [-0.05, 0) is 55.8 Å². The van der Waals surface area contributed by atoms with Crippen molar-refractivity contribution >= 4 is 17.3 Å². The summed E-state index contributed by atoms with van der Waals surface area (Å²) in [4.78, 5) is 10.4. The predicted molar refractivity (Wildman–Crippen MR) is 116 cm³/mol. The Morgan fingerprint density at radius 3 is 2.71 bits per heavy atom. The lowest BCUT2D eigenvalue weighted by Crippen LogP contribution is -2.44. The smallest absolute Gasteiger partial charge is 0.193 e. The molecule has 4 nitrogen and oxygen atoms in total. The molecule has 1 aliphatic rings. The standard InChI is InChI=1S/C22H31FN4S/c1-24-22(26(2)12-11-20-7-5-15-28-20)25-16-18-9-13-27(14-10-18)17-19-6-3-4-8-21(19)23/h3-8,15,18H,9-14,16-17H2,1-2H3,(H,24,25). The third-order valence-electron chi connectivity index (χ3n) is 5.45. The predicted octanol–water partition coefficient (Wildman–Crippen LogP) is 3.85. The summed E-state index contributed by atoms with van der Waals surface area (Å²) in [5.41, 5.74) is 0.798. The van der Waals surface area contributed by atoms with Crippen LogP contribution in [0.2, 0.25) is 0 Å². The fourth-order valence-corrected chi connectivity index (χ4v) is 4.37.